The Labute approximate surface area is 104 Å². The van der Waals surface area contributed by atoms with E-state index in [0.29, 0.717) is 0 Å². The molecule has 0 heterocycles. The molecule has 1 aromatic carbocycles. The van der Waals surface area contributed by atoms with Gasteiger partial charge >= 0.3 is 5.97 Å². The lowest BCUT2D eigenvalue weighted by molar-refractivity contribution is -0.179. The van der Waals surface area contributed by atoms with Crippen LogP contribution in [0.4, 0.5) is 0 Å². The lowest BCUT2D eigenvalue weighted by Gasteiger charge is -2.16. The predicted molar refractivity (Wildman–Crippen MR) is 60.7 cm³/mol. The Bertz CT molecular complexity index is 442. The van der Waals surface area contributed by atoms with Crippen molar-refractivity contribution in [2.75, 3.05) is 28.4 Å². The fourth-order valence-electron chi connectivity index (χ4n) is 1.45. The zero-order chi connectivity index (χ0) is 13.7. The molecule has 1 N–H and O–H groups in total. The van der Waals surface area contributed by atoms with Gasteiger partial charge in [0.25, 0.3) is 0 Å². The van der Waals surface area contributed by atoms with Crippen LogP contribution in [0.5, 0.6) is 23.0 Å². The van der Waals surface area contributed by atoms with Crippen molar-refractivity contribution in [1.82, 2.24) is 0 Å². The number of carbonyl (C=O) groups is 1. The molecular formula is C11H14O7. The third-order valence-corrected chi connectivity index (χ3v) is 2.18. The number of ether oxygens (including phenoxy) is 3. The molecular weight excluding hydrogens is 244 g/mol. The topological polar surface area (TPSA) is 83.5 Å². The van der Waals surface area contributed by atoms with Crippen LogP contribution in [-0.2, 0) is 4.89 Å². The summed E-state index contributed by atoms with van der Waals surface area (Å²) in [5.74, 6) is -0.783. The first-order chi connectivity index (χ1) is 8.60. The normalized spacial score (nSPS) is 9.78. The van der Waals surface area contributed by atoms with Gasteiger partial charge in [-0.2, -0.15) is 4.89 Å². The van der Waals surface area contributed by atoms with E-state index >= 15 is 0 Å². The number of aromatic carboxylic acids is 1. The first-order valence-corrected chi connectivity index (χ1v) is 4.87. The lowest BCUT2D eigenvalue weighted by atomic mass is 10.1. The highest BCUT2D eigenvalue weighted by Gasteiger charge is 2.26. The van der Waals surface area contributed by atoms with E-state index in [0.717, 1.165) is 0 Å². The fraction of sp³-hybridized carbons (Fsp3) is 0.364. The maximum atomic E-state index is 11.1. The summed E-state index contributed by atoms with van der Waals surface area (Å²) in [4.78, 5) is 20.5. The number of hydrogen-bond acceptors (Lipinski definition) is 6. The Morgan fingerprint density at radius 2 is 1.61 bits per heavy atom. The summed E-state index contributed by atoms with van der Waals surface area (Å²) >= 11 is 0. The fourth-order valence-corrected chi connectivity index (χ4v) is 1.45. The van der Waals surface area contributed by atoms with Crippen molar-refractivity contribution in [2.24, 2.45) is 0 Å². The van der Waals surface area contributed by atoms with Crippen LogP contribution in [0.3, 0.4) is 0 Å². The molecule has 7 heteroatoms. The molecule has 1 rings (SSSR count). The van der Waals surface area contributed by atoms with E-state index < -0.39 is 5.97 Å². The van der Waals surface area contributed by atoms with Crippen LogP contribution in [0.2, 0.25) is 0 Å². The molecule has 0 unspecified atom stereocenters. The summed E-state index contributed by atoms with van der Waals surface area (Å²) in [6.07, 6.45) is 0. The molecule has 0 bridgehead atoms. The number of methoxy groups -OCH3 is 3. The third-order valence-electron chi connectivity index (χ3n) is 2.18. The smallest absolute Gasteiger partial charge is 0.339 e. The molecule has 18 heavy (non-hydrogen) atoms. The van der Waals surface area contributed by atoms with Gasteiger partial charge in [-0.15, -0.1) is 0 Å². The monoisotopic (exact) mass is 258 g/mol. The number of carboxylic acid groups (broad SMARTS) is 1. The van der Waals surface area contributed by atoms with Gasteiger partial charge in [-0.3, -0.25) is 0 Å². The van der Waals surface area contributed by atoms with Gasteiger partial charge in [0.05, 0.1) is 28.4 Å². The van der Waals surface area contributed by atoms with Crippen LogP contribution in [0.25, 0.3) is 0 Å². The van der Waals surface area contributed by atoms with Gasteiger partial charge in [0, 0.05) is 6.07 Å². The van der Waals surface area contributed by atoms with E-state index in [2.05, 4.69) is 4.89 Å². The first-order valence-electron chi connectivity index (χ1n) is 4.87. The third kappa shape index (κ3) is 2.40. The standard InChI is InChI=1S/C11H14O7/c1-14-7-5-6(11(12)13)8(18-17-4)10(16-3)9(7)15-2/h5H,1-4H3,(H,12,13). The Hall–Kier alpha value is -2.15. The molecule has 0 fully saturated rings. The second kappa shape index (κ2) is 5.97. The molecule has 0 aliphatic heterocycles. The molecule has 0 aliphatic carbocycles. The van der Waals surface area contributed by atoms with E-state index in [9.17, 15) is 4.79 Å². The largest absolute Gasteiger partial charge is 0.493 e. The highest BCUT2D eigenvalue weighted by Crippen LogP contribution is 2.46. The molecule has 7 nitrogen and oxygen atoms in total. The van der Waals surface area contributed by atoms with Gasteiger partial charge in [-0.1, -0.05) is 0 Å². The van der Waals surface area contributed by atoms with Crippen LogP contribution in [-0.4, -0.2) is 39.5 Å². The summed E-state index contributed by atoms with van der Waals surface area (Å²) in [5.41, 5.74) is -0.161. The minimum atomic E-state index is -1.21. The zero-order valence-electron chi connectivity index (χ0n) is 10.5. The SMILES string of the molecule is COOc1c(C(=O)O)cc(OC)c(OC)c1OC. The average molecular weight is 258 g/mol. The summed E-state index contributed by atoms with van der Waals surface area (Å²) in [5, 5.41) is 9.11. The Morgan fingerprint density at radius 1 is 1.00 bits per heavy atom. The van der Waals surface area contributed by atoms with Crippen molar-refractivity contribution in [3.8, 4) is 23.0 Å². The first kappa shape index (κ1) is 13.9. The van der Waals surface area contributed by atoms with Crippen molar-refractivity contribution in [3.63, 3.8) is 0 Å². The Morgan fingerprint density at radius 3 is 2.00 bits per heavy atom. The van der Waals surface area contributed by atoms with E-state index in [1.54, 1.807) is 0 Å². The van der Waals surface area contributed by atoms with Crippen LogP contribution in [0.15, 0.2) is 6.07 Å². The molecule has 0 aliphatic rings. The predicted octanol–water partition coefficient (Wildman–Crippen LogP) is 1.35. The van der Waals surface area contributed by atoms with Gasteiger partial charge in [-0.05, 0) is 0 Å². The van der Waals surface area contributed by atoms with Gasteiger partial charge in [0.1, 0.15) is 5.56 Å². The molecule has 100 valence electrons. The summed E-state index contributed by atoms with van der Waals surface area (Å²) in [7, 11) is 5.39. The molecule has 0 spiro atoms. The molecule has 0 amide bonds. The maximum absolute atomic E-state index is 11.1. The Kier molecular flexibility index (Phi) is 4.61. The highest BCUT2D eigenvalue weighted by atomic mass is 17.2. The van der Waals surface area contributed by atoms with Crippen molar-refractivity contribution in [3.05, 3.63) is 11.6 Å². The van der Waals surface area contributed by atoms with Crippen LogP contribution < -0.4 is 19.1 Å². The van der Waals surface area contributed by atoms with E-state index in [1.807, 2.05) is 0 Å². The maximum Gasteiger partial charge on any atom is 0.339 e. The molecule has 0 saturated heterocycles. The van der Waals surface area contributed by atoms with Gasteiger partial charge in [-0.25, -0.2) is 4.79 Å². The highest BCUT2D eigenvalue weighted by molar-refractivity contribution is 5.93. The van der Waals surface area contributed by atoms with Crippen molar-refractivity contribution in [2.45, 2.75) is 0 Å². The minimum absolute atomic E-state index is 0.0797. The number of benzene rings is 1. The van der Waals surface area contributed by atoms with Crippen LogP contribution in [0.1, 0.15) is 10.4 Å². The second-order valence-corrected chi connectivity index (χ2v) is 3.08. The van der Waals surface area contributed by atoms with Gasteiger partial charge in [0.15, 0.2) is 5.75 Å². The lowest BCUT2D eigenvalue weighted by Crippen LogP contribution is -2.07. The number of carboxylic acids is 1. The van der Waals surface area contributed by atoms with E-state index in [4.69, 9.17) is 24.2 Å². The van der Waals surface area contributed by atoms with Crippen molar-refractivity contribution >= 4 is 5.97 Å². The second-order valence-electron chi connectivity index (χ2n) is 3.08. The molecule has 0 saturated carbocycles. The Balaban J connectivity index is 3.57. The average Bonchev–Trinajstić information content (AvgIpc) is 2.37. The van der Waals surface area contributed by atoms with Crippen LogP contribution >= 0.6 is 0 Å². The van der Waals surface area contributed by atoms with Crippen molar-refractivity contribution < 1.29 is 33.9 Å². The number of hydrogen-bond donors (Lipinski definition) is 1. The minimum Gasteiger partial charge on any atom is -0.493 e. The van der Waals surface area contributed by atoms with Crippen molar-refractivity contribution in [1.29, 1.82) is 0 Å². The van der Waals surface area contributed by atoms with E-state index in [-0.39, 0.29) is 28.6 Å². The van der Waals surface area contributed by atoms with Gasteiger partial charge in [0.2, 0.25) is 17.2 Å². The number of rotatable bonds is 6. The van der Waals surface area contributed by atoms with E-state index in [1.165, 1.54) is 34.5 Å². The summed E-state index contributed by atoms with van der Waals surface area (Å²) < 4.78 is 15.2. The molecule has 0 radical (unpaired) electrons. The van der Waals surface area contributed by atoms with Crippen LogP contribution in [0, 0.1) is 0 Å². The molecule has 0 aromatic heterocycles. The van der Waals surface area contributed by atoms with Gasteiger partial charge < -0.3 is 24.2 Å². The molecule has 1 aromatic rings. The summed E-state index contributed by atoms with van der Waals surface area (Å²) in [6.45, 7) is 0. The zero-order valence-corrected chi connectivity index (χ0v) is 10.5. The quantitative estimate of drug-likeness (QED) is 0.609. The summed E-state index contributed by atoms with van der Waals surface area (Å²) in [6, 6.07) is 1.26. The molecule has 0 atom stereocenters.